The van der Waals surface area contributed by atoms with E-state index in [4.69, 9.17) is 11.6 Å². The van der Waals surface area contributed by atoms with Gasteiger partial charge in [-0.2, -0.15) is 0 Å². The molecule has 4 aromatic rings. The molecule has 29 heavy (non-hydrogen) atoms. The van der Waals surface area contributed by atoms with E-state index >= 15 is 0 Å². The van der Waals surface area contributed by atoms with Crippen LogP contribution in [0.1, 0.15) is 5.56 Å². The molecule has 0 saturated carbocycles. The molecular formula is C21H15ClFN3OS2. The van der Waals surface area contributed by atoms with Crippen LogP contribution < -0.4 is 5.32 Å². The molecule has 2 aromatic carbocycles. The Balaban J connectivity index is 1.54. The topological polar surface area (TPSA) is 54.9 Å². The third kappa shape index (κ3) is 4.42. The number of nitrogens with zero attached hydrogens (tertiary/aromatic N) is 2. The SMILES string of the molecule is Cc1ccc(NC(=O)CSc2ncnc3scc(-c4ccc(Cl)cc4)c23)cc1F. The monoisotopic (exact) mass is 443 g/mol. The Morgan fingerprint density at radius 2 is 2.00 bits per heavy atom. The van der Waals surface area contributed by atoms with Crippen molar-refractivity contribution in [3.05, 3.63) is 70.6 Å². The molecule has 4 nitrogen and oxygen atoms in total. The van der Waals surface area contributed by atoms with Crippen LogP contribution in [0.15, 0.2) is 59.2 Å². The number of thioether (sulfide) groups is 1. The van der Waals surface area contributed by atoms with Gasteiger partial charge < -0.3 is 5.32 Å². The lowest BCUT2D eigenvalue weighted by atomic mass is 10.1. The van der Waals surface area contributed by atoms with Gasteiger partial charge in [-0.3, -0.25) is 4.79 Å². The molecule has 0 bridgehead atoms. The first kappa shape index (κ1) is 19.8. The van der Waals surface area contributed by atoms with Crippen LogP contribution >= 0.6 is 34.7 Å². The van der Waals surface area contributed by atoms with E-state index in [2.05, 4.69) is 15.3 Å². The summed E-state index contributed by atoms with van der Waals surface area (Å²) in [5.74, 6) is -0.426. The molecule has 0 aliphatic heterocycles. The summed E-state index contributed by atoms with van der Waals surface area (Å²) in [5, 5.41) is 7.06. The smallest absolute Gasteiger partial charge is 0.234 e. The molecule has 0 aliphatic carbocycles. The largest absolute Gasteiger partial charge is 0.325 e. The van der Waals surface area contributed by atoms with Crippen molar-refractivity contribution in [2.45, 2.75) is 11.9 Å². The normalized spacial score (nSPS) is 11.0. The zero-order valence-electron chi connectivity index (χ0n) is 15.3. The Kier molecular flexibility index (Phi) is 5.80. The number of carbonyl (C=O) groups excluding carboxylic acids is 1. The number of nitrogens with one attached hydrogen (secondary N) is 1. The van der Waals surface area contributed by atoms with Crippen molar-refractivity contribution >= 4 is 56.5 Å². The van der Waals surface area contributed by atoms with Crippen LogP contribution in [0.3, 0.4) is 0 Å². The number of aryl methyl sites for hydroxylation is 1. The van der Waals surface area contributed by atoms with E-state index in [1.165, 1.54) is 35.5 Å². The van der Waals surface area contributed by atoms with E-state index in [1.54, 1.807) is 19.1 Å². The van der Waals surface area contributed by atoms with Gasteiger partial charge in [-0.25, -0.2) is 14.4 Å². The van der Waals surface area contributed by atoms with E-state index < -0.39 is 0 Å². The lowest BCUT2D eigenvalue weighted by Gasteiger charge is -2.07. The summed E-state index contributed by atoms with van der Waals surface area (Å²) in [6, 6.07) is 12.2. The first-order chi connectivity index (χ1) is 14.0. The van der Waals surface area contributed by atoms with Gasteiger partial charge in [0.05, 0.1) is 11.1 Å². The molecule has 0 spiro atoms. The van der Waals surface area contributed by atoms with Crippen molar-refractivity contribution in [2.24, 2.45) is 0 Å². The van der Waals surface area contributed by atoms with Crippen molar-refractivity contribution in [1.82, 2.24) is 9.97 Å². The molecule has 2 aromatic heterocycles. The molecule has 2 heterocycles. The third-order valence-corrected chi connectivity index (χ3v) is 6.41. The molecule has 0 saturated heterocycles. The van der Waals surface area contributed by atoms with Gasteiger partial charge in [-0.1, -0.05) is 41.6 Å². The number of hydrogen-bond donors (Lipinski definition) is 1. The van der Waals surface area contributed by atoms with E-state index in [9.17, 15) is 9.18 Å². The van der Waals surface area contributed by atoms with Crippen LogP contribution in [-0.2, 0) is 4.79 Å². The molecule has 1 amide bonds. The number of thiophene rings is 1. The fraction of sp³-hybridized carbons (Fsp3) is 0.0952. The molecule has 0 aliphatic rings. The predicted octanol–water partition coefficient (Wildman–Crippen LogP) is 6.19. The molecule has 1 N–H and O–H groups in total. The number of amides is 1. The predicted molar refractivity (Wildman–Crippen MR) is 118 cm³/mol. The van der Waals surface area contributed by atoms with Crippen molar-refractivity contribution in [3.8, 4) is 11.1 Å². The van der Waals surface area contributed by atoms with Crippen molar-refractivity contribution in [3.63, 3.8) is 0 Å². The summed E-state index contributed by atoms with van der Waals surface area (Å²) in [4.78, 5) is 21.9. The standard InChI is InChI=1S/C21H15ClFN3OS2/c1-12-2-7-15(8-17(12)23)26-18(27)10-29-21-19-16(9-28-20(19)24-11-25-21)13-3-5-14(22)6-4-13/h2-9,11H,10H2,1H3,(H,26,27). The van der Waals surface area contributed by atoms with Crippen LogP contribution in [0.25, 0.3) is 21.3 Å². The average molecular weight is 444 g/mol. The highest BCUT2D eigenvalue weighted by Gasteiger charge is 2.15. The summed E-state index contributed by atoms with van der Waals surface area (Å²) in [6.45, 7) is 1.68. The maximum Gasteiger partial charge on any atom is 0.234 e. The number of fused-ring (bicyclic) bond motifs is 1. The van der Waals surface area contributed by atoms with E-state index in [-0.39, 0.29) is 17.5 Å². The Bertz CT molecular complexity index is 1190. The summed E-state index contributed by atoms with van der Waals surface area (Å²) < 4.78 is 13.7. The second-order valence-corrected chi connectivity index (χ2v) is 8.57. The van der Waals surface area contributed by atoms with Crippen LogP contribution in [0, 0.1) is 12.7 Å². The van der Waals surface area contributed by atoms with Crippen molar-refractivity contribution in [1.29, 1.82) is 0 Å². The number of halogens is 2. The van der Waals surface area contributed by atoms with Gasteiger partial charge in [0.25, 0.3) is 0 Å². The van der Waals surface area contributed by atoms with E-state index in [0.717, 1.165) is 26.4 Å². The van der Waals surface area contributed by atoms with Crippen LogP contribution in [-0.4, -0.2) is 21.6 Å². The quantitative estimate of drug-likeness (QED) is 0.295. The van der Waals surface area contributed by atoms with Crippen LogP contribution in [0.2, 0.25) is 5.02 Å². The fourth-order valence-corrected chi connectivity index (χ4v) is 4.72. The van der Waals surface area contributed by atoms with Crippen LogP contribution in [0.5, 0.6) is 0 Å². The Hall–Kier alpha value is -2.48. The third-order valence-electron chi connectivity index (χ3n) is 4.29. The molecule has 0 atom stereocenters. The number of hydrogen-bond acceptors (Lipinski definition) is 5. The van der Waals surface area contributed by atoms with Gasteiger partial charge in [0.15, 0.2) is 0 Å². The fourth-order valence-electron chi connectivity index (χ4n) is 2.80. The minimum Gasteiger partial charge on any atom is -0.325 e. The van der Waals surface area contributed by atoms with Crippen molar-refractivity contribution in [2.75, 3.05) is 11.1 Å². The molecule has 146 valence electrons. The summed E-state index contributed by atoms with van der Waals surface area (Å²) in [5.41, 5.74) is 2.99. The maximum atomic E-state index is 13.7. The number of carbonyl (C=O) groups is 1. The van der Waals surface area contributed by atoms with Crippen LogP contribution in [0.4, 0.5) is 10.1 Å². The number of benzene rings is 2. The second-order valence-electron chi connectivity index (χ2n) is 6.32. The summed E-state index contributed by atoms with van der Waals surface area (Å²) in [6.07, 6.45) is 1.50. The van der Waals surface area contributed by atoms with Gasteiger partial charge >= 0.3 is 0 Å². The highest BCUT2D eigenvalue weighted by molar-refractivity contribution is 8.00. The minimum atomic E-state index is -0.348. The van der Waals surface area contributed by atoms with Gasteiger partial charge in [-0.05, 0) is 42.3 Å². The Morgan fingerprint density at radius 1 is 1.21 bits per heavy atom. The number of aromatic nitrogens is 2. The summed E-state index contributed by atoms with van der Waals surface area (Å²) in [7, 11) is 0. The Labute approximate surface area is 180 Å². The van der Waals surface area contributed by atoms with E-state index in [1.807, 2.05) is 29.6 Å². The van der Waals surface area contributed by atoms with Gasteiger partial charge in [0.1, 0.15) is 22.0 Å². The highest BCUT2D eigenvalue weighted by atomic mass is 35.5. The highest BCUT2D eigenvalue weighted by Crippen LogP contribution is 2.38. The van der Waals surface area contributed by atoms with Crippen molar-refractivity contribution < 1.29 is 9.18 Å². The van der Waals surface area contributed by atoms with E-state index in [0.29, 0.717) is 16.3 Å². The average Bonchev–Trinajstić information content (AvgIpc) is 3.15. The number of rotatable bonds is 5. The molecule has 4 rings (SSSR count). The minimum absolute atomic E-state index is 0.150. The molecule has 0 unspecified atom stereocenters. The molecule has 0 radical (unpaired) electrons. The molecule has 0 fully saturated rings. The maximum absolute atomic E-state index is 13.7. The number of anilines is 1. The first-order valence-corrected chi connectivity index (χ1v) is 10.9. The molecule has 8 heteroatoms. The zero-order valence-corrected chi connectivity index (χ0v) is 17.7. The lowest BCUT2D eigenvalue weighted by Crippen LogP contribution is -2.14. The Morgan fingerprint density at radius 3 is 2.76 bits per heavy atom. The summed E-state index contributed by atoms with van der Waals surface area (Å²) >= 11 is 8.85. The van der Waals surface area contributed by atoms with Gasteiger partial charge in [-0.15, -0.1) is 11.3 Å². The molecular weight excluding hydrogens is 429 g/mol. The van der Waals surface area contributed by atoms with Gasteiger partial charge in [0.2, 0.25) is 5.91 Å². The second kappa shape index (κ2) is 8.49. The van der Waals surface area contributed by atoms with Gasteiger partial charge in [0, 0.05) is 21.7 Å². The lowest BCUT2D eigenvalue weighted by molar-refractivity contribution is -0.113. The zero-order chi connectivity index (χ0) is 20.4. The first-order valence-electron chi connectivity index (χ1n) is 8.68.